The van der Waals surface area contributed by atoms with E-state index in [-0.39, 0.29) is 11.3 Å². The molecule has 1 saturated heterocycles. The Bertz CT molecular complexity index is 404. The minimum absolute atomic E-state index is 0.178. The fourth-order valence-corrected chi connectivity index (χ4v) is 2.74. The van der Waals surface area contributed by atoms with Crippen LogP contribution in [0.4, 0.5) is 0 Å². The summed E-state index contributed by atoms with van der Waals surface area (Å²) in [5.41, 5.74) is -0.239. The van der Waals surface area contributed by atoms with Crippen LogP contribution in [0.15, 0.2) is 12.4 Å². The van der Waals surface area contributed by atoms with Crippen molar-refractivity contribution >= 4 is 5.91 Å². The van der Waals surface area contributed by atoms with Crippen LogP contribution in [-0.2, 0) is 11.2 Å². The number of likely N-dealkylation sites (tertiary alicyclic amines) is 1. The first-order valence-electron chi connectivity index (χ1n) is 7.13. The predicted molar refractivity (Wildman–Crippen MR) is 74.8 cm³/mol. The van der Waals surface area contributed by atoms with E-state index in [1.165, 1.54) is 0 Å². The molecule has 2 rings (SSSR count). The summed E-state index contributed by atoms with van der Waals surface area (Å²) in [6.07, 6.45) is 6.38. The van der Waals surface area contributed by atoms with Crippen molar-refractivity contribution in [3.05, 3.63) is 18.2 Å². The average molecular weight is 264 g/mol. The normalized spacial score (nSPS) is 24.3. The van der Waals surface area contributed by atoms with Crippen LogP contribution < -0.4 is 5.32 Å². The van der Waals surface area contributed by atoms with E-state index in [1.807, 2.05) is 0 Å². The molecule has 1 fully saturated rings. The van der Waals surface area contributed by atoms with Gasteiger partial charge in [0.25, 0.3) is 0 Å². The highest BCUT2D eigenvalue weighted by atomic mass is 16.2. The number of aromatic nitrogens is 2. The van der Waals surface area contributed by atoms with Crippen molar-refractivity contribution in [3.63, 3.8) is 0 Å². The monoisotopic (exact) mass is 264 g/mol. The first-order valence-corrected chi connectivity index (χ1v) is 7.13. The van der Waals surface area contributed by atoms with Gasteiger partial charge in [0.05, 0.1) is 5.41 Å². The summed E-state index contributed by atoms with van der Waals surface area (Å²) in [6, 6.07) is 0. The van der Waals surface area contributed by atoms with Crippen molar-refractivity contribution < 1.29 is 4.79 Å². The van der Waals surface area contributed by atoms with E-state index in [1.54, 1.807) is 12.4 Å². The molecular formula is C14H24N4O. The Balaban J connectivity index is 1.81. The Morgan fingerprint density at radius 2 is 2.47 bits per heavy atom. The Morgan fingerprint density at radius 3 is 3.16 bits per heavy atom. The third kappa shape index (κ3) is 3.56. The van der Waals surface area contributed by atoms with Gasteiger partial charge >= 0.3 is 0 Å². The molecule has 0 radical (unpaired) electrons. The third-order valence-corrected chi connectivity index (χ3v) is 3.97. The number of nitrogens with zero attached hydrogens (tertiary/aromatic N) is 2. The van der Waals surface area contributed by atoms with E-state index >= 15 is 0 Å². The number of rotatable bonds is 5. The molecule has 0 bridgehead atoms. The molecule has 5 nitrogen and oxygen atoms in total. The summed E-state index contributed by atoms with van der Waals surface area (Å²) in [4.78, 5) is 21.9. The molecule has 0 aliphatic carbocycles. The van der Waals surface area contributed by atoms with Crippen LogP contribution in [0.3, 0.4) is 0 Å². The molecule has 1 aliphatic heterocycles. The molecule has 1 aliphatic rings. The molecule has 106 valence electrons. The molecule has 5 heteroatoms. The SMILES string of the molecule is CCN1CCCC(C)(C(=O)NCCc2ncc[nH]2)C1. The van der Waals surface area contributed by atoms with Gasteiger partial charge in [-0.15, -0.1) is 0 Å². The van der Waals surface area contributed by atoms with Crippen molar-refractivity contribution in [2.24, 2.45) is 5.41 Å². The maximum atomic E-state index is 12.3. The summed E-state index contributed by atoms with van der Waals surface area (Å²) in [5, 5.41) is 3.05. The second-order valence-electron chi connectivity index (χ2n) is 5.57. The zero-order valence-corrected chi connectivity index (χ0v) is 11.9. The average Bonchev–Trinajstić information content (AvgIpc) is 2.91. The summed E-state index contributed by atoms with van der Waals surface area (Å²) in [5.74, 6) is 1.10. The number of nitrogens with one attached hydrogen (secondary N) is 2. The van der Waals surface area contributed by atoms with Crippen molar-refractivity contribution in [3.8, 4) is 0 Å². The third-order valence-electron chi connectivity index (χ3n) is 3.97. The molecule has 0 spiro atoms. The van der Waals surface area contributed by atoms with Gasteiger partial charge in [-0.3, -0.25) is 4.79 Å². The van der Waals surface area contributed by atoms with E-state index in [4.69, 9.17) is 0 Å². The van der Waals surface area contributed by atoms with Gasteiger partial charge in [-0.1, -0.05) is 6.92 Å². The number of hydrogen-bond acceptors (Lipinski definition) is 3. The fourth-order valence-electron chi connectivity index (χ4n) is 2.74. The second kappa shape index (κ2) is 6.19. The van der Waals surface area contributed by atoms with E-state index in [0.717, 1.165) is 44.7 Å². The molecule has 0 aromatic carbocycles. The fraction of sp³-hybridized carbons (Fsp3) is 0.714. The molecular weight excluding hydrogens is 240 g/mol. The molecule has 1 aromatic rings. The first-order chi connectivity index (χ1) is 9.14. The summed E-state index contributed by atoms with van der Waals surface area (Å²) in [7, 11) is 0. The van der Waals surface area contributed by atoms with Crippen LogP contribution in [0.2, 0.25) is 0 Å². The zero-order valence-electron chi connectivity index (χ0n) is 11.9. The predicted octanol–water partition coefficient (Wildman–Crippen LogP) is 1.19. The number of amides is 1. The molecule has 2 heterocycles. The van der Waals surface area contributed by atoms with Crippen LogP contribution in [0, 0.1) is 5.41 Å². The number of carbonyl (C=O) groups is 1. The molecule has 1 atom stereocenters. The number of imidazole rings is 1. The van der Waals surface area contributed by atoms with Crippen molar-refractivity contribution in [2.75, 3.05) is 26.2 Å². The van der Waals surface area contributed by atoms with Gasteiger partial charge in [0, 0.05) is 31.9 Å². The van der Waals surface area contributed by atoms with E-state index in [9.17, 15) is 4.79 Å². The number of aromatic amines is 1. The highest BCUT2D eigenvalue weighted by Gasteiger charge is 2.36. The van der Waals surface area contributed by atoms with Crippen LogP contribution in [-0.4, -0.2) is 47.0 Å². The van der Waals surface area contributed by atoms with Gasteiger partial charge < -0.3 is 15.2 Å². The molecule has 2 N–H and O–H groups in total. The lowest BCUT2D eigenvalue weighted by Gasteiger charge is -2.38. The van der Waals surface area contributed by atoms with E-state index in [2.05, 4.69) is 34.0 Å². The minimum Gasteiger partial charge on any atom is -0.355 e. The standard InChI is InChI=1S/C14H24N4O/c1-3-18-10-4-6-14(2,11-18)13(19)17-7-5-12-15-8-9-16-12/h8-9H,3-7,10-11H2,1-2H3,(H,15,16)(H,17,19). The smallest absolute Gasteiger partial charge is 0.227 e. The van der Waals surface area contributed by atoms with Gasteiger partial charge in [0.2, 0.25) is 5.91 Å². The van der Waals surface area contributed by atoms with Crippen LogP contribution in [0.1, 0.15) is 32.5 Å². The summed E-state index contributed by atoms with van der Waals surface area (Å²) in [6.45, 7) is 7.89. The quantitative estimate of drug-likeness (QED) is 0.840. The molecule has 19 heavy (non-hydrogen) atoms. The highest BCUT2D eigenvalue weighted by Crippen LogP contribution is 2.29. The Kier molecular flexibility index (Phi) is 4.58. The number of carbonyl (C=O) groups excluding carboxylic acids is 1. The maximum Gasteiger partial charge on any atom is 0.227 e. The van der Waals surface area contributed by atoms with Gasteiger partial charge in [0.15, 0.2) is 0 Å². The molecule has 1 amide bonds. The molecule has 0 saturated carbocycles. The Morgan fingerprint density at radius 1 is 1.63 bits per heavy atom. The number of hydrogen-bond donors (Lipinski definition) is 2. The molecule has 1 unspecified atom stereocenters. The molecule has 1 aromatic heterocycles. The Labute approximate surface area is 114 Å². The van der Waals surface area contributed by atoms with Crippen molar-refractivity contribution in [2.45, 2.75) is 33.1 Å². The minimum atomic E-state index is -0.239. The maximum absolute atomic E-state index is 12.3. The van der Waals surface area contributed by atoms with E-state index < -0.39 is 0 Å². The number of piperidine rings is 1. The summed E-state index contributed by atoms with van der Waals surface area (Å²) < 4.78 is 0. The summed E-state index contributed by atoms with van der Waals surface area (Å²) >= 11 is 0. The van der Waals surface area contributed by atoms with Crippen LogP contribution in [0.5, 0.6) is 0 Å². The van der Waals surface area contributed by atoms with Gasteiger partial charge in [0.1, 0.15) is 5.82 Å². The highest BCUT2D eigenvalue weighted by molar-refractivity contribution is 5.82. The Hall–Kier alpha value is -1.36. The first kappa shape index (κ1) is 14.1. The van der Waals surface area contributed by atoms with Crippen molar-refractivity contribution in [1.82, 2.24) is 20.2 Å². The largest absolute Gasteiger partial charge is 0.355 e. The van der Waals surface area contributed by atoms with Crippen LogP contribution in [0.25, 0.3) is 0 Å². The second-order valence-corrected chi connectivity index (χ2v) is 5.57. The van der Waals surface area contributed by atoms with Crippen molar-refractivity contribution in [1.29, 1.82) is 0 Å². The lowest BCUT2D eigenvalue weighted by atomic mass is 9.81. The van der Waals surface area contributed by atoms with Gasteiger partial charge in [-0.05, 0) is 32.9 Å². The lowest BCUT2D eigenvalue weighted by Crippen LogP contribution is -2.50. The van der Waals surface area contributed by atoms with Gasteiger partial charge in [-0.2, -0.15) is 0 Å². The lowest BCUT2D eigenvalue weighted by molar-refractivity contribution is -0.133. The zero-order chi connectivity index (χ0) is 13.7. The van der Waals surface area contributed by atoms with E-state index in [0.29, 0.717) is 6.54 Å². The topological polar surface area (TPSA) is 61.0 Å². The number of H-pyrrole nitrogens is 1. The van der Waals surface area contributed by atoms with Gasteiger partial charge in [-0.25, -0.2) is 4.98 Å². The van der Waals surface area contributed by atoms with Crippen LogP contribution >= 0.6 is 0 Å².